The summed E-state index contributed by atoms with van der Waals surface area (Å²) in [5.41, 5.74) is 1.93. The Hall–Kier alpha value is -2.17. The largest absolute Gasteiger partial charge is 0.481 e. The van der Waals surface area contributed by atoms with Crippen LogP contribution in [0, 0.1) is 11.8 Å². The summed E-state index contributed by atoms with van der Waals surface area (Å²) < 4.78 is 0. The summed E-state index contributed by atoms with van der Waals surface area (Å²) in [4.78, 5) is 27.7. The minimum absolute atomic E-state index is 0.209. The summed E-state index contributed by atoms with van der Waals surface area (Å²) in [6, 6.07) is 3.86. The van der Waals surface area contributed by atoms with E-state index in [-0.39, 0.29) is 5.91 Å². The third-order valence-electron chi connectivity index (χ3n) is 3.88. The smallest absolute Gasteiger partial charge is 0.307 e. The van der Waals surface area contributed by atoms with Crippen LogP contribution in [0.15, 0.2) is 30.5 Å². The van der Waals surface area contributed by atoms with Gasteiger partial charge in [-0.05, 0) is 30.9 Å². The zero-order valence-corrected chi connectivity index (χ0v) is 12.1. The van der Waals surface area contributed by atoms with Crippen molar-refractivity contribution in [2.45, 2.75) is 32.7 Å². The number of nitrogens with one attached hydrogen (secondary N) is 1. The third kappa shape index (κ3) is 3.68. The van der Waals surface area contributed by atoms with E-state index >= 15 is 0 Å². The van der Waals surface area contributed by atoms with Gasteiger partial charge in [-0.1, -0.05) is 25.1 Å². The van der Waals surface area contributed by atoms with Crippen LogP contribution in [-0.4, -0.2) is 22.0 Å². The molecule has 1 aromatic heterocycles. The molecule has 112 valence electrons. The Morgan fingerprint density at radius 2 is 2.05 bits per heavy atom. The number of aromatic nitrogens is 1. The van der Waals surface area contributed by atoms with Gasteiger partial charge in [0.15, 0.2) is 0 Å². The molecule has 1 aliphatic rings. The molecular formula is C16H20N2O3. The van der Waals surface area contributed by atoms with Crippen molar-refractivity contribution in [1.29, 1.82) is 0 Å². The van der Waals surface area contributed by atoms with Crippen LogP contribution in [0.4, 0.5) is 0 Å². The first kappa shape index (κ1) is 15.2. The second kappa shape index (κ2) is 7.02. The number of nitrogens with zero attached hydrogens (tertiary/aromatic N) is 1. The second-order valence-electron chi connectivity index (χ2n) is 5.17. The summed E-state index contributed by atoms with van der Waals surface area (Å²) in [6.45, 7) is 2.38. The average Bonchev–Trinajstić information content (AvgIpc) is 2.52. The van der Waals surface area contributed by atoms with Gasteiger partial charge in [0.1, 0.15) is 0 Å². The van der Waals surface area contributed by atoms with Crippen molar-refractivity contribution in [2.24, 2.45) is 11.8 Å². The molecule has 1 amide bonds. The molecule has 5 heteroatoms. The number of carbonyl (C=O) groups excluding carboxylic acids is 1. The highest BCUT2D eigenvalue weighted by Crippen LogP contribution is 2.26. The predicted molar refractivity (Wildman–Crippen MR) is 78.5 cm³/mol. The summed E-state index contributed by atoms with van der Waals surface area (Å²) >= 11 is 0. The van der Waals surface area contributed by atoms with Crippen LogP contribution in [0.2, 0.25) is 0 Å². The van der Waals surface area contributed by atoms with Crippen molar-refractivity contribution in [3.63, 3.8) is 0 Å². The monoisotopic (exact) mass is 288 g/mol. The molecule has 1 aromatic rings. The lowest BCUT2D eigenvalue weighted by atomic mass is 9.82. The van der Waals surface area contributed by atoms with E-state index in [1.54, 1.807) is 6.20 Å². The first-order valence-electron chi connectivity index (χ1n) is 7.21. The van der Waals surface area contributed by atoms with Crippen molar-refractivity contribution in [3.05, 3.63) is 41.7 Å². The van der Waals surface area contributed by atoms with Crippen LogP contribution in [0.5, 0.6) is 0 Å². The number of carboxylic acid groups (broad SMARTS) is 1. The number of pyridine rings is 1. The summed E-state index contributed by atoms with van der Waals surface area (Å²) in [6.07, 6.45) is 7.15. The molecule has 0 saturated heterocycles. The van der Waals surface area contributed by atoms with Crippen molar-refractivity contribution >= 4 is 11.9 Å². The fourth-order valence-corrected chi connectivity index (χ4v) is 2.63. The highest BCUT2D eigenvalue weighted by Gasteiger charge is 2.33. The molecule has 0 unspecified atom stereocenters. The lowest BCUT2D eigenvalue weighted by Crippen LogP contribution is -2.38. The molecule has 1 heterocycles. The van der Waals surface area contributed by atoms with Crippen molar-refractivity contribution < 1.29 is 14.7 Å². The van der Waals surface area contributed by atoms with E-state index < -0.39 is 17.8 Å². The molecule has 2 N–H and O–H groups in total. The fraction of sp³-hybridized carbons (Fsp3) is 0.438. The summed E-state index contributed by atoms with van der Waals surface area (Å²) in [5.74, 6) is -2.25. The first-order chi connectivity index (χ1) is 10.1. The number of rotatable bonds is 5. The molecule has 0 saturated carbocycles. The topological polar surface area (TPSA) is 79.3 Å². The van der Waals surface area contributed by atoms with Gasteiger partial charge < -0.3 is 10.4 Å². The van der Waals surface area contributed by atoms with Gasteiger partial charge in [-0.25, -0.2) is 0 Å². The highest BCUT2D eigenvalue weighted by molar-refractivity contribution is 5.85. The van der Waals surface area contributed by atoms with Gasteiger partial charge in [0.05, 0.1) is 24.1 Å². The standard InChI is InChI=1S/C16H20N2O3/c1-2-11-6-5-9-17-14(11)10-18-15(19)12-7-3-4-8-13(12)16(20)21/h3-6,9,12-13H,2,7-8,10H2,1H3,(H,18,19)(H,20,21)/t12-,13+/m1/s1. The average molecular weight is 288 g/mol. The molecule has 0 radical (unpaired) electrons. The zero-order valence-electron chi connectivity index (χ0n) is 12.1. The van der Waals surface area contributed by atoms with Gasteiger partial charge in [-0.15, -0.1) is 0 Å². The molecule has 1 aliphatic carbocycles. The SMILES string of the molecule is CCc1cccnc1CNC(=O)[C@@H]1CC=CC[C@@H]1C(=O)O. The summed E-state index contributed by atoms with van der Waals surface area (Å²) in [7, 11) is 0. The normalized spacial score (nSPS) is 21.0. The van der Waals surface area contributed by atoms with E-state index in [0.29, 0.717) is 19.4 Å². The third-order valence-corrected chi connectivity index (χ3v) is 3.88. The highest BCUT2D eigenvalue weighted by atomic mass is 16.4. The number of amides is 1. The lowest BCUT2D eigenvalue weighted by Gasteiger charge is -2.24. The Labute approximate surface area is 124 Å². The van der Waals surface area contributed by atoms with Crippen LogP contribution in [0.25, 0.3) is 0 Å². The fourth-order valence-electron chi connectivity index (χ4n) is 2.63. The van der Waals surface area contributed by atoms with Gasteiger partial charge in [0, 0.05) is 6.20 Å². The maximum Gasteiger partial charge on any atom is 0.307 e. The van der Waals surface area contributed by atoms with E-state index in [1.807, 2.05) is 31.2 Å². The summed E-state index contributed by atoms with van der Waals surface area (Å²) in [5, 5.41) is 12.0. The zero-order chi connectivity index (χ0) is 15.2. The van der Waals surface area contributed by atoms with Crippen LogP contribution < -0.4 is 5.32 Å². The Bertz CT molecular complexity index is 554. The molecule has 2 rings (SSSR count). The van der Waals surface area contributed by atoms with Crippen molar-refractivity contribution in [1.82, 2.24) is 10.3 Å². The van der Waals surface area contributed by atoms with Gasteiger partial charge in [-0.3, -0.25) is 14.6 Å². The van der Waals surface area contributed by atoms with Gasteiger partial charge in [0.2, 0.25) is 5.91 Å². The molecule has 0 fully saturated rings. The van der Waals surface area contributed by atoms with Crippen LogP contribution in [0.1, 0.15) is 31.0 Å². The Balaban J connectivity index is 2.01. The van der Waals surface area contributed by atoms with Gasteiger partial charge in [-0.2, -0.15) is 0 Å². The van der Waals surface area contributed by atoms with Crippen molar-refractivity contribution in [3.8, 4) is 0 Å². The molecule has 0 bridgehead atoms. The minimum Gasteiger partial charge on any atom is -0.481 e. The van der Waals surface area contributed by atoms with E-state index in [2.05, 4.69) is 10.3 Å². The molecule has 0 spiro atoms. The van der Waals surface area contributed by atoms with Gasteiger partial charge >= 0.3 is 5.97 Å². The maximum atomic E-state index is 12.2. The quantitative estimate of drug-likeness (QED) is 0.811. The lowest BCUT2D eigenvalue weighted by molar-refractivity contribution is -0.147. The van der Waals surface area contributed by atoms with E-state index in [0.717, 1.165) is 17.7 Å². The molecule has 0 aliphatic heterocycles. The molecule has 2 atom stereocenters. The molecular weight excluding hydrogens is 268 g/mol. The predicted octanol–water partition coefficient (Wildman–Crippen LogP) is 1.93. The van der Waals surface area contributed by atoms with E-state index in [9.17, 15) is 14.7 Å². The number of aliphatic carboxylic acids is 1. The number of carboxylic acids is 1. The van der Waals surface area contributed by atoms with Crippen LogP contribution >= 0.6 is 0 Å². The number of hydrogen-bond donors (Lipinski definition) is 2. The molecule has 0 aromatic carbocycles. The minimum atomic E-state index is -0.911. The Morgan fingerprint density at radius 1 is 1.33 bits per heavy atom. The number of hydrogen-bond acceptors (Lipinski definition) is 3. The number of aryl methyl sites for hydroxylation is 1. The van der Waals surface area contributed by atoms with E-state index in [1.165, 1.54) is 0 Å². The van der Waals surface area contributed by atoms with E-state index in [4.69, 9.17) is 0 Å². The first-order valence-corrected chi connectivity index (χ1v) is 7.21. The van der Waals surface area contributed by atoms with Crippen molar-refractivity contribution in [2.75, 3.05) is 0 Å². The number of allylic oxidation sites excluding steroid dienone is 2. The Kier molecular flexibility index (Phi) is 5.09. The van der Waals surface area contributed by atoms with Gasteiger partial charge in [0.25, 0.3) is 0 Å². The molecule has 5 nitrogen and oxygen atoms in total. The molecule has 21 heavy (non-hydrogen) atoms. The maximum absolute atomic E-state index is 12.2. The second-order valence-corrected chi connectivity index (χ2v) is 5.17. The number of carbonyl (C=O) groups is 2. The van der Waals surface area contributed by atoms with Crippen LogP contribution in [-0.2, 0) is 22.6 Å². The van der Waals surface area contributed by atoms with Crippen LogP contribution in [0.3, 0.4) is 0 Å². The Morgan fingerprint density at radius 3 is 2.71 bits per heavy atom.